The summed E-state index contributed by atoms with van der Waals surface area (Å²) in [6, 6.07) is 20.5. The van der Waals surface area contributed by atoms with Crippen LogP contribution >= 0.6 is 0 Å². The van der Waals surface area contributed by atoms with Crippen molar-refractivity contribution in [1.82, 2.24) is 9.88 Å². The van der Waals surface area contributed by atoms with E-state index in [1.54, 1.807) is 6.07 Å². The summed E-state index contributed by atoms with van der Waals surface area (Å²) in [5.74, 6) is 0.183. The molecular formula is C23H21FN2O2. The average molecular weight is 376 g/mol. The third kappa shape index (κ3) is 3.69. The number of rotatable bonds is 6. The lowest BCUT2D eigenvalue weighted by Gasteiger charge is -2.08. The van der Waals surface area contributed by atoms with Crippen molar-refractivity contribution in [2.45, 2.75) is 6.42 Å². The molecule has 142 valence electrons. The Balaban J connectivity index is 1.36. The van der Waals surface area contributed by atoms with Gasteiger partial charge in [0.2, 0.25) is 0 Å². The van der Waals surface area contributed by atoms with Crippen LogP contribution in [0.4, 0.5) is 4.39 Å². The molecule has 0 aliphatic carbocycles. The average Bonchev–Trinajstić information content (AvgIpc) is 2.99. The molecule has 0 unspecified atom stereocenters. The van der Waals surface area contributed by atoms with Crippen molar-refractivity contribution in [3.05, 3.63) is 78.1 Å². The highest BCUT2D eigenvalue weighted by Gasteiger charge is 2.09. The van der Waals surface area contributed by atoms with E-state index < -0.39 is 0 Å². The van der Waals surface area contributed by atoms with Crippen LogP contribution in [0.2, 0.25) is 0 Å². The van der Waals surface area contributed by atoms with Gasteiger partial charge in [-0.05, 0) is 42.3 Å². The van der Waals surface area contributed by atoms with E-state index in [4.69, 9.17) is 4.74 Å². The number of halogens is 1. The molecule has 0 radical (unpaired) electrons. The van der Waals surface area contributed by atoms with Gasteiger partial charge in [-0.1, -0.05) is 30.3 Å². The van der Waals surface area contributed by atoms with Crippen molar-refractivity contribution < 1.29 is 13.9 Å². The van der Waals surface area contributed by atoms with Crippen LogP contribution in [0, 0.1) is 5.82 Å². The maximum Gasteiger partial charge on any atom is 0.257 e. The van der Waals surface area contributed by atoms with Crippen molar-refractivity contribution in [2.75, 3.05) is 13.2 Å². The van der Waals surface area contributed by atoms with Crippen molar-refractivity contribution >= 4 is 27.7 Å². The standard InChI is InChI=1S/C23H21FN2O2/c1-26-21-8-3-2-7-19(21)20-10-9-18(14-22(20)26)28-15-23(27)25-12-11-16-5-4-6-17(24)13-16/h2-10,13-14H,11-12,15H2,1H3,(H,25,27). The van der Waals surface area contributed by atoms with Gasteiger partial charge in [0, 0.05) is 35.9 Å². The van der Waals surface area contributed by atoms with E-state index in [-0.39, 0.29) is 18.3 Å². The summed E-state index contributed by atoms with van der Waals surface area (Å²) < 4.78 is 20.9. The normalized spacial score (nSPS) is 11.1. The third-order valence-corrected chi connectivity index (χ3v) is 4.88. The topological polar surface area (TPSA) is 43.3 Å². The first-order valence-corrected chi connectivity index (χ1v) is 9.23. The van der Waals surface area contributed by atoms with Crippen LogP contribution in [0.15, 0.2) is 66.7 Å². The molecule has 1 heterocycles. The number of benzene rings is 3. The molecular weight excluding hydrogens is 355 g/mol. The molecule has 4 aromatic rings. The van der Waals surface area contributed by atoms with Crippen molar-refractivity contribution in [3.8, 4) is 5.75 Å². The molecule has 0 atom stereocenters. The Bertz CT molecular complexity index is 1150. The van der Waals surface area contributed by atoms with Crippen LogP contribution in [0.25, 0.3) is 21.8 Å². The number of fused-ring (bicyclic) bond motifs is 3. The Kier molecular flexibility index (Phi) is 4.98. The Hall–Kier alpha value is -3.34. The highest BCUT2D eigenvalue weighted by atomic mass is 19.1. The summed E-state index contributed by atoms with van der Waals surface area (Å²) in [5.41, 5.74) is 3.07. The Morgan fingerprint density at radius 1 is 1.00 bits per heavy atom. The molecule has 0 bridgehead atoms. The number of carbonyl (C=O) groups excluding carboxylic acids is 1. The SMILES string of the molecule is Cn1c2ccccc2c2ccc(OCC(=O)NCCc3cccc(F)c3)cc21. The Morgan fingerprint density at radius 2 is 1.82 bits per heavy atom. The van der Waals surface area contributed by atoms with Gasteiger partial charge in [-0.25, -0.2) is 4.39 Å². The van der Waals surface area contributed by atoms with Crippen molar-refractivity contribution in [1.29, 1.82) is 0 Å². The van der Waals surface area contributed by atoms with Crippen molar-refractivity contribution in [3.63, 3.8) is 0 Å². The zero-order valence-electron chi connectivity index (χ0n) is 15.6. The van der Waals surface area contributed by atoms with Gasteiger partial charge in [0.05, 0.1) is 5.52 Å². The third-order valence-electron chi connectivity index (χ3n) is 4.88. The number of aromatic nitrogens is 1. The van der Waals surface area contributed by atoms with Crippen LogP contribution in [0.5, 0.6) is 5.75 Å². The molecule has 1 aromatic heterocycles. The van der Waals surface area contributed by atoms with Crippen LogP contribution in [-0.4, -0.2) is 23.6 Å². The van der Waals surface area contributed by atoms with Gasteiger partial charge in [-0.3, -0.25) is 4.79 Å². The fourth-order valence-electron chi connectivity index (χ4n) is 3.47. The molecule has 0 saturated heterocycles. The minimum atomic E-state index is -0.268. The smallest absolute Gasteiger partial charge is 0.257 e. The molecule has 5 heteroatoms. The van der Waals surface area contributed by atoms with Crippen LogP contribution < -0.4 is 10.1 Å². The molecule has 0 aliphatic heterocycles. The summed E-state index contributed by atoms with van der Waals surface area (Å²) in [6.45, 7) is 0.381. The minimum absolute atomic E-state index is 0.0569. The van der Waals surface area contributed by atoms with E-state index in [0.717, 1.165) is 22.0 Å². The maximum absolute atomic E-state index is 13.2. The van der Waals surface area contributed by atoms with E-state index in [1.165, 1.54) is 17.5 Å². The predicted molar refractivity (Wildman–Crippen MR) is 109 cm³/mol. The van der Waals surface area contributed by atoms with E-state index in [1.807, 2.05) is 43.4 Å². The number of amides is 1. The largest absolute Gasteiger partial charge is 0.484 e. The summed E-state index contributed by atoms with van der Waals surface area (Å²) >= 11 is 0. The summed E-state index contributed by atoms with van der Waals surface area (Å²) in [5, 5.41) is 5.15. The molecule has 4 rings (SSSR count). The van der Waals surface area contributed by atoms with E-state index in [9.17, 15) is 9.18 Å². The molecule has 0 spiro atoms. The lowest BCUT2D eigenvalue weighted by atomic mass is 10.1. The minimum Gasteiger partial charge on any atom is -0.484 e. The Labute approximate surface area is 162 Å². The molecule has 3 aromatic carbocycles. The zero-order valence-corrected chi connectivity index (χ0v) is 15.6. The number of aryl methyl sites for hydroxylation is 1. The molecule has 0 saturated carbocycles. The van der Waals surface area contributed by atoms with Crippen LogP contribution in [0.1, 0.15) is 5.56 Å². The fraction of sp³-hybridized carbons (Fsp3) is 0.174. The van der Waals surface area contributed by atoms with Crippen LogP contribution in [-0.2, 0) is 18.3 Å². The highest BCUT2D eigenvalue weighted by Crippen LogP contribution is 2.30. The lowest BCUT2D eigenvalue weighted by Crippen LogP contribution is -2.30. The lowest BCUT2D eigenvalue weighted by molar-refractivity contribution is -0.123. The monoisotopic (exact) mass is 376 g/mol. The first-order valence-electron chi connectivity index (χ1n) is 9.23. The van der Waals surface area contributed by atoms with Gasteiger partial charge in [-0.15, -0.1) is 0 Å². The fourth-order valence-corrected chi connectivity index (χ4v) is 3.47. The number of hydrogen-bond donors (Lipinski definition) is 1. The van der Waals surface area contributed by atoms with Gasteiger partial charge >= 0.3 is 0 Å². The van der Waals surface area contributed by atoms with Crippen LogP contribution in [0.3, 0.4) is 0 Å². The van der Waals surface area contributed by atoms with E-state index in [2.05, 4.69) is 22.0 Å². The number of para-hydroxylation sites is 1. The highest BCUT2D eigenvalue weighted by molar-refractivity contribution is 6.08. The molecule has 1 N–H and O–H groups in total. The molecule has 4 nitrogen and oxygen atoms in total. The van der Waals surface area contributed by atoms with Gasteiger partial charge in [0.15, 0.2) is 6.61 Å². The van der Waals surface area contributed by atoms with Gasteiger partial charge in [0.1, 0.15) is 11.6 Å². The van der Waals surface area contributed by atoms with Gasteiger partial charge in [0.25, 0.3) is 5.91 Å². The van der Waals surface area contributed by atoms with Gasteiger partial charge in [-0.2, -0.15) is 0 Å². The number of nitrogens with one attached hydrogen (secondary N) is 1. The first kappa shape index (κ1) is 18.0. The number of hydrogen-bond acceptors (Lipinski definition) is 2. The second-order valence-electron chi connectivity index (χ2n) is 6.77. The van der Waals surface area contributed by atoms with E-state index >= 15 is 0 Å². The number of carbonyl (C=O) groups is 1. The molecule has 1 amide bonds. The quantitative estimate of drug-likeness (QED) is 0.548. The summed E-state index contributed by atoms with van der Waals surface area (Å²) in [6.07, 6.45) is 0.575. The predicted octanol–water partition coefficient (Wildman–Crippen LogP) is 4.21. The second kappa shape index (κ2) is 7.72. The molecule has 0 fully saturated rings. The van der Waals surface area contributed by atoms with Gasteiger partial charge < -0.3 is 14.6 Å². The molecule has 28 heavy (non-hydrogen) atoms. The number of ether oxygens (including phenoxy) is 1. The number of nitrogens with zero attached hydrogens (tertiary/aromatic N) is 1. The summed E-state index contributed by atoms with van der Waals surface area (Å²) in [7, 11) is 2.02. The Morgan fingerprint density at radius 3 is 2.68 bits per heavy atom. The van der Waals surface area contributed by atoms with E-state index in [0.29, 0.717) is 18.7 Å². The maximum atomic E-state index is 13.2. The molecule has 0 aliphatic rings. The van der Waals surface area contributed by atoms with Crippen molar-refractivity contribution in [2.24, 2.45) is 7.05 Å². The second-order valence-corrected chi connectivity index (χ2v) is 6.77. The summed E-state index contributed by atoms with van der Waals surface area (Å²) in [4.78, 5) is 12.0. The first-order chi connectivity index (χ1) is 13.6. The zero-order chi connectivity index (χ0) is 19.5.